The van der Waals surface area contributed by atoms with Crippen molar-refractivity contribution in [2.45, 2.75) is 13.3 Å². The number of hydrogen-bond donors (Lipinski definition) is 2. The minimum Gasteiger partial charge on any atom is -0.384 e. The lowest BCUT2D eigenvalue weighted by atomic mass is 10.2. The fraction of sp³-hybridized carbons (Fsp3) is 0.250. The Labute approximate surface area is 109 Å². The molecule has 2 heterocycles. The van der Waals surface area contributed by atoms with Crippen molar-refractivity contribution in [3.05, 3.63) is 40.0 Å². The molecule has 3 N–H and O–H groups in total. The second-order valence-electron chi connectivity index (χ2n) is 3.85. The van der Waals surface area contributed by atoms with Crippen LogP contribution in [0.2, 0.25) is 0 Å². The van der Waals surface area contributed by atoms with E-state index in [-0.39, 0.29) is 5.91 Å². The Morgan fingerprint density at radius 1 is 1.50 bits per heavy atom. The highest BCUT2D eigenvalue weighted by Crippen LogP contribution is 2.07. The Morgan fingerprint density at radius 2 is 2.33 bits per heavy atom. The summed E-state index contributed by atoms with van der Waals surface area (Å²) in [5, 5.41) is 5.77. The SMILES string of the molecule is Cc1cc(C(=O)NCCc2nccs2)cc(N)n1. The van der Waals surface area contributed by atoms with Crippen LogP contribution in [0.5, 0.6) is 0 Å². The van der Waals surface area contributed by atoms with E-state index in [4.69, 9.17) is 5.73 Å². The molecule has 2 rings (SSSR count). The van der Waals surface area contributed by atoms with Gasteiger partial charge < -0.3 is 11.1 Å². The van der Waals surface area contributed by atoms with Crippen molar-refractivity contribution in [3.63, 3.8) is 0 Å². The zero-order valence-electron chi connectivity index (χ0n) is 10.0. The molecule has 0 radical (unpaired) electrons. The van der Waals surface area contributed by atoms with Crippen LogP contribution in [0.25, 0.3) is 0 Å². The van der Waals surface area contributed by atoms with Crippen LogP contribution in [0.1, 0.15) is 21.1 Å². The van der Waals surface area contributed by atoms with Crippen LogP contribution in [0, 0.1) is 6.92 Å². The number of thiazole rings is 1. The van der Waals surface area contributed by atoms with Crippen molar-refractivity contribution in [2.75, 3.05) is 12.3 Å². The molecule has 0 spiro atoms. The largest absolute Gasteiger partial charge is 0.384 e. The van der Waals surface area contributed by atoms with Gasteiger partial charge in [-0.1, -0.05) is 0 Å². The molecule has 0 bridgehead atoms. The lowest BCUT2D eigenvalue weighted by molar-refractivity contribution is 0.0954. The summed E-state index contributed by atoms with van der Waals surface area (Å²) in [6, 6.07) is 3.29. The van der Waals surface area contributed by atoms with Gasteiger partial charge in [0.1, 0.15) is 5.82 Å². The maximum Gasteiger partial charge on any atom is 0.251 e. The predicted molar refractivity (Wildman–Crippen MR) is 71.5 cm³/mol. The number of nitrogens with zero attached hydrogens (tertiary/aromatic N) is 2. The lowest BCUT2D eigenvalue weighted by Crippen LogP contribution is -2.26. The van der Waals surface area contributed by atoms with E-state index in [0.717, 1.165) is 17.1 Å². The quantitative estimate of drug-likeness (QED) is 0.872. The molecule has 18 heavy (non-hydrogen) atoms. The van der Waals surface area contributed by atoms with E-state index in [1.807, 2.05) is 12.3 Å². The molecule has 0 saturated carbocycles. The Kier molecular flexibility index (Phi) is 3.88. The Bertz CT molecular complexity index is 519. The highest BCUT2D eigenvalue weighted by Gasteiger charge is 2.07. The number of carbonyl (C=O) groups excluding carboxylic acids is 1. The zero-order valence-corrected chi connectivity index (χ0v) is 10.8. The monoisotopic (exact) mass is 262 g/mol. The van der Waals surface area contributed by atoms with Gasteiger partial charge in [0, 0.05) is 35.8 Å². The topological polar surface area (TPSA) is 80.9 Å². The third kappa shape index (κ3) is 3.27. The first-order valence-electron chi connectivity index (χ1n) is 5.56. The zero-order chi connectivity index (χ0) is 13.0. The van der Waals surface area contributed by atoms with Crippen molar-refractivity contribution < 1.29 is 4.79 Å². The molecule has 5 nitrogen and oxygen atoms in total. The number of aryl methyl sites for hydroxylation is 1. The molecule has 0 atom stereocenters. The summed E-state index contributed by atoms with van der Waals surface area (Å²) in [4.78, 5) is 20.0. The molecule has 0 aliphatic heterocycles. The van der Waals surface area contributed by atoms with E-state index in [0.29, 0.717) is 17.9 Å². The molecule has 2 aromatic rings. The van der Waals surface area contributed by atoms with Crippen LogP contribution in [-0.2, 0) is 6.42 Å². The van der Waals surface area contributed by atoms with Gasteiger partial charge in [-0.15, -0.1) is 11.3 Å². The van der Waals surface area contributed by atoms with Crippen LogP contribution in [-0.4, -0.2) is 22.4 Å². The standard InChI is InChI=1S/C12H14N4OS/c1-8-6-9(7-10(13)16-8)12(17)15-3-2-11-14-4-5-18-11/h4-7H,2-3H2,1H3,(H2,13,16)(H,15,17). The molecule has 0 unspecified atom stereocenters. The lowest BCUT2D eigenvalue weighted by Gasteiger charge is -2.05. The van der Waals surface area contributed by atoms with Crippen LogP contribution in [0.4, 0.5) is 5.82 Å². The molecular formula is C12H14N4OS. The first-order valence-corrected chi connectivity index (χ1v) is 6.44. The van der Waals surface area contributed by atoms with Crippen molar-refractivity contribution >= 4 is 23.1 Å². The number of rotatable bonds is 4. The van der Waals surface area contributed by atoms with Gasteiger partial charge in [-0.3, -0.25) is 4.79 Å². The summed E-state index contributed by atoms with van der Waals surface area (Å²) in [6.45, 7) is 2.37. The fourth-order valence-corrected chi connectivity index (χ4v) is 2.21. The van der Waals surface area contributed by atoms with Crippen LogP contribution < -0.4 is 11.1 Å². The minimum absolute atomic E-state index is 0.135. The number of carbonyl (C=O) groups is 1. The van der Waals surface area contributed by atoms with Crippen molar-refractivity contribution in [3.8, 4) is 0 Å². The molecule has 0 saturated heterocycles. The molecule has 0 aliphatic rings. The maximum absolute atomic E-state index is 11.9. The number of aromatic nitrogens is 2. The normalized spacial score (nSPS) is 10.3. The summed E-state index contributed by atoms with van der Waals surface area (Å²) in [7, 11) is 0. The van der Waals surface area contributed by atoms with E-state index in [2.05, 4.69) is 15.3 Å². The van der Waals surface area contributed by atoms with Gasteiger partial charge in [-0.2, -0.15) is 0 Å². The molecule has 0 aliphatic carbocycles. The summed E-state index contributed by atoms with van der Waals surface area (Å²) in [5.41, 5.74) is 6.88. The first kappa shape index (κ1) is 12.5. The Balaban J connectivity index is 1.91. The second kappa shape index (κ2) is 5.59. The Morgan fingerprint density at radius 3 is 3.00 bits per heavy atom. The van der Waals surface area contributed by atoms with Crippen LogP contribution >= 0.6 is 11.3 Å². The van der Waals surface area contributed by atoms with E-state index >= 15 is 0 Å². The average molecular weight is 262 g/mol. The van der Waals surface area contributed by atoms with Crippen LogP contribution in [0.15, 0.2) is 23.7 Å². The van der Waals surface area contributed by atoms with Gasteiger partial charge in [-0.25, -0.2) is 9.97 Å². The second-order valence-corrected chi connectivity index (χ2v) is 4.83. The number of nitrogens with two attached hydrogens (primary N) is 1. The van der Waals surface area contributed by atoms with Crippen molar-refractivity contribution in [1.82, 2.24) is 15.3 Å². The van der Waals surface area contributed by atoms with Gasteiger partial charge in [0.15, 0.2) is 0 Å². The summed E-state index contributed by atoms with van der Waals surface area (Å²) in [6.07, 6.45) is 2.50. The summed E-state index contributed by atoms with van der Waals surface area (Å²) in [5.74, 6) is 0.226. The Hall–Kier alpha value is -1.95. The third-order valence-electron chi connectivity index (χ3n) is 2.34. The van der Waals surface area contributed by atoms with E-state index in [1.165, 1.54) is 0 Å². The minimum atomic E-state index is -0.135. The van der Waals surface area contributed by atoms with Gasteiger partial charge in [0.05, 0.1) is 5.01 Å². The molecule has 0 aromatic carbocycles. The number of pyridine rings is 1. The van der Waals surface area contributed by atoms with Gasteiger partial charge in [-0.05, 0) is 19.1 Å². The van der Waals surface area contributed by atoms with Gasteiger partial charge in [0.2, 0.25) is 0 Å². The van der Waals surface area contributed by atoms with Gasteiger partial charge in [0.25, 0.3) is 5.91 Å². The van der Waals surface area contributed by atoms with E-state index in [9.17, 15) is 4.79 Å². The first-order chi connectivity index (χ1) is 8.65. The smallest absolute Gasteiger partial charge is 0.251 e. The molecule has 0 fully saturated rings. The number of hydrogen-bond acceptors (Lipinski definition) is 5. The average Bonchev–Trinajstić information content (AvgIpc) is 2.80. The predicted octanol–water partition coefficient (Wildman–Crippen LogP) is 1.40. The van der Waals surface area contributed by atoms with E-state index in [1.54, 1.807) is 29.7 Å². The molecule has 94 valence electrons. The number of anilines is 1. The van der Waals surface area contributed by atoms with Gasteiger partial charge >= 0.3 is 0 Å². The number of amides is 1. The van der Waals surface area contributed by atoms with E-state index < -0.39 is 0 Å². The van der Waals surface area contributed by atoms with Crippen LogP contribution in [0.3, 0.4) is 0 Å². The highest BCUT2D eigenvalue weighted by atomic mass is 32.1. The molecule has 1 amide bonds. The third-order valence-corrected chi connectivity index (χ3v) is 3.18. The van der Waals surface area contributed by atoms with Crippen molar-refractivity contribution in [2.24, 2.45) is 0 Å². The number of nitrogens with one attached hydrogen (secondary N) is 1. The summed E-state index contributed by atoms with van der Waals surface area (Å²) < 4.78 is 0. The number of nitrogen functional groups attached to an aromatic ring is 1. The molecular weight excluding hydrogens is 248 g/mol. The highest BCUT2D eigenvalue weighted by molar-refractivity contribution is 7.09. The fourth-order valence-electron chi connectivity index (χ4n) is 1.59. The molecule has 6 heteroatoms. The molecule has 2 aromatic heterocycles. The maximum atomic E-state index is 11.9. The van der Waals surface area contributed by atoms with Crippen molar-refractivity contribution in [1.29, 1.82) is 0 Å². The summed E-state index contributed by atoms with van der Waals surface area (Å²) >= 11 is 1.58.